The van der Waals surface area contributed by atoms with Gasteiger partial charge in [-0.1, -0.05) is 0 Å². The zero-order valence-electron chi connectivity index (χ0n) is 7.62. The summed E-state index contributed by atoms with van der Waals surface area (Å²) >= 11 is 0. The fourth-order valence-electron chi connectivity index (χ4n) is 1.08. The minimum Gasteiger partial charge on any atom is -0.329 e. The first kappa shape index (κ1) is 9.22. The van der Waals surface area contributed by atoms with Crippen LogP contribution in [0.4, 0.5) is 0 Å². The Labute approximate surface area is 72.8 Å². The summed E-state index contributed by atoms with van der Waals surface area (Å²) in [6, 6.07) is 0.335. The number of rotatable bonds is 4. The average Bonchev–Trinajstić information content (AvgIpc) is 2.47. The van der Waals surface area contributed by atoms with Gasteiger partial charge in [0, 0.05) is 37.9 Å². The number of nitrogens with one attached hydrogen (secondary N) is 1. The van der Waals surface area contributed by atoms with Gasteiger partial charge in [-0.15, -0.1) is 0 Å². The van der Waals surface area contributed by atoms with Crippen LogP contribution < -0.4 is 11.1 Å². The number of hydrogen-bond acceptors (Lipinski definition) is 3. The van der Waals surface area contributed by atoms with Crippen molar-refractivity contribution in [2.24, 2.45) is 12.8 Å². The highest BCUT2D eigenvalue weighted by atomic mass is 15.2. The minimum atomic E-state index is 0.335. The smallest absolute Gasteiger partial charge is 0.0537 e. The van der Waals surface area contributed by atoms with Crippen molar-refractivity contribution >= 4 is 0 Å². The molecule has 0 aliphatic heterocycles. The molecule has 0 aliphatic rings. The molecule has 4 nitrogen and oxygen atoms in total. The molecule has 1 unspecified atom stereocenters. The van der Waals surface area contributed by atoms with Gasteiger partial charge in [-0.3, -0.25) is 4.68 Å². The predicted molar refractivity (Wildman–Crippen MR) is 48.7 cm³/mol. The molecule has 0 aromatic carbocycles. The Morgan fingerprint density at radius 1 is 1.75 bits per heavy atom. The van der Waals surface area contributed by atoms with Crippen LogP contribution in [0.25, 0.3) is 0 Å². The Hall–Kier alpha value is -0.870. The summed E-state index contributed by atoms with van der Waals surface area (Å²) in [6.45, 7) is 3.62. The first-order valence-corrected chi connectivity index (χ1v) is 4.16. The lowest BCUT2D eigenvalue weighted by atomic mass is 10.2. The summed E-state index contributed by atoms with van der Waals surface area (Å²) in [5.74, 6) is 0. The molecule has 12 heavy (non-hydrogen) atoms. The highest BCUT2D eigenvalue weighted by Crippen LogP contribution is 2.08. The van der Waals surface area contributed by atoms with E-state index in [2.05, 4.69) is 17.3 Å². The number of nitrogens with zero attached hydrogens (tertiary/aromatic N) is 2. The monoisotopic (exact) mass is 168 g/mol. The third-order valence-corrected chi connectivity index (χ3v) is 1.82. The molecule has 1 atom stereocenters. The summed E-state index contributed by atoms with van der Waals surface area (Å²) in [5, 5.41) is 7.37. The third kappa shape index (κ3) is 2.32. The van der Waals surface area contributed by atoms with Crippen LogP contribution in [-0.4, -0.2) is 22.9 Å². The Morgan fingerprint density at radius 2 is 2.50 bits per heavy atom. The average molecular weight is 168 g/mol. The summed E-state index contributed by atoms with van der Waals surface area (Å²) in [7, 11) is 1.92. The highest BCUT2D eigenvalue weighted by molar-refractivity contribution is 5.08. The summed E-state index contributed by atoms with van der Waals surface area (Å²) < 4.78 is 1.80. The third-order valence-electron chi connectivity index (χ3n) is 1.82. The van der Waals surface area contributed by atoms with Crippen molar-refractivity contribution in [3.05, 3.63) is 18.0 Å². The predicted octanol–water partition coefficient (Wildman–Crippen LogP) is 0.0294. The van der Waals surface area contributed by atoms with Gasteiger partial charge in [-0.25, -0.2) is 0 Å². The Kier molecular flexibility index (Phi) is 3.25. The Bertz CT molecular complexity index is 231. The number of aromatic nitrogens is 2. The molecule has 1 rings (SSSR count). The molecule has 4 heteroatoms. The van der Waals surface area contributed by atoms with E-state index < -0.39 is 0 Å². The maximum absolute atomic E-state index is 5.38. The molecule has 0 saturated carbocycles. The van der Waals surface area contributed by atoms with Crippen molar-refractivity contribution in [1.29, 1.82) is 0 Å². The van der Waals surface area contributed by atoms with E-state index in [9.17, 15) is 0 Å². The molecular formula is C8H16N4. The maximum Gasteiger partial charge on any atom is 0.0537 e. The van der Waals surface area contributed by atoms with Crippen LogP contribution >= 0.6 is 0 Å². The fourth-order valence-corrected chi connectivity index (χ4v) is 1.08. The SMILES string of the molecule is CC(NCCN)c1cnn(C)c1. The largest absolute Gasteiger partial charge is 0.329 e. The molecule has 0 saturated heterocycles. The minimum absolute atomic E-state index is 0.335. The van der Waals surface area contributed by atoms with Gasteiger partial charge >= 0.3 is 0 Å². The molecule has 1 heterocycles. The van der Waals surface area contributed by atoms with Gasteiger partial charge in [0.15, 0.2) is 0 Å². The van der Waals surface area contributed by atoms with Crippen LogP contribution in [0.1, 0.15) is 18.5 Å². The second-order valence-corrected chi connectivity index (χ2v) is 2.91. The summed E-state index contributed by atoms with van der Waals surface area (Å²) in [5.41, 5.74) is 6.58. The van der Waals surface area contributed by atoms with Gasteiger partial charge in [-0.05, 0) is 6.92 Å². The van der Waals surface area contributed by atoms with Crippen LogP contribution in [0.2, 0.25) is 0 Å². The van der Waals surface area contributed by atoms with Crippen molar-refractivity contribution in [2.75, 3.05) is 13.1 Å². The van der Waals surface area contributed by atoms with Gasteiger partial charge in [0.2, 0.25) is 0 Å². The molecule has 0 radical (unpaired) electrons. The van der Waals surface area contributed by atoms with E-state index in [1.54, 1.807) is 4.68 Å². The van der Waals surface area contributed by atoms with Crippen molar-refractivity contribution in [1.82, 2.24) is 15.1 Å². The van der Waals surface area contributed by atoms with E-state index in [1.165, 1.54) is 5.56 Å². The molecule has 0 spiro atoms. The summed E-state index contributed by atoms with van der Waals surface area (Å²) in [4.78, 5) is 0. The first-order chi connectivity index (χ1) is 5.74. The lowest BCUT2D eigenvalue weighted by Gasteiger charge is -2.09. The molecule has 3 N–H and O–H groups in total. The number of aryl methyl sites for hydroxylation is 1. The summed E-state index contributed by atoms with van der Waals surface area (Å²) in [6.07, 6.45) is 3.88. The van der Waals surface area contributed by atoms with E-state index in [0.29, 0.717) is 12.6 Å². The maximum atomic E-state index is 5.38. The Balaban J connectivity index is 2.47. The van der Waals surface area contributed by atoms with E-state index in [-0.39, 0.29) is 0 Å². The lowest BCUT2D eigenvalue weighted by molar-refractivity contribution is 0.581. The second-order valence-electron chi connectivity index (χ2n) is 2.91. The van der Waals surface area contributed by atoms with Crippen LogP contribution in [0, 0.1) is 0 Å². The first-order valence-electron chi connectivity index (χ1n) is 4.16. The molecule has 0 amide bonds. The van der Waals surface area contributed by atoms with E-state index in [0.717, 1.165) is 6.54 Å². The van der Waals surface area contributed by atoms with Gasteiger partial charge in [0.05, 0.1) is 6.20 Å². The van der Waals surface area contributed by atoms with Crippen molar-refractivity contribution in [3.8, 4) is 0 Å². The van der Waals surface area contributed by atoms with Crippen molar-refractivity contribution in [2.45, 2.75) is 13.0 Å². The van der Waals surface area contributed by atoms with Crippen LogP contribution in [-0.2, 0) is 7.05 Å². The zero-order valence-corrected chi connectivity index (χ0v) is 7.62. The highest BCUT2D eigenvalue weighted by Gasteiger charge is 2.04. The number of nitrogens with two attached hydrogens (primary N) is 1. The quantitative estimate of drug-likeness (QED) is 0.667. The molecule has 0 fully saturated rings. The molecular weight excluding hydrogens is 152 g/mol. The van der Waals surface area contributed by atoms with E-state index >= 15 is 0 Å². The lowest BCUT2D eigenvalue weighted by Crippen LogP contribution is -2.25. The van der Waals surface area contributed by atoms with Crippen LogP contribution in [0.5, 0.6) is 0 Å². The standard InChI is InChI=1S/C8H16N4/c1-7(10-4-3-9)8-5-11-12(2)6-8/h5-7,10H,3-4,9H2,1-2H3. The van der Waals surface area contributed by atoms with Crippen LogP contribution in [0.3, 0.4) is 0 Å². The second kappa shape index (κ2) is 4.23. The van der Waals surface area contributed by atoms with E-state index in [4.69, 9.17) is 5.73 Å². The van der Waals surface area contributed by atoms with Gasteiger partial charge in [0.1, 0.15) is 0 Å². The topological polar surface area (TPSA) is 55.9 Å². The van der Waals surface area contributed by atoms with E-state index in [1.807, 2.05) is 19.4 Å². The van der Waals surface area contributed by atoms with Crippen molar-refractivity contribution < 1.29 is 0 Å². The van der Waals surface area contributed by atoms with Gasteiger partial charge in [-0.2, -0.15) is 5.10 Å². The zero-order chi connectivity index (χ0) is 8.97. The number of hydrogen-bond donors (Lipinski definition) is 2. The van der Waals surface area contributed by atoms with Gasteiger partial charge < -0.3 is 11.1 Å². The van der Waals surface area contributed by atoms with Gasteiger partial charge in [0.25, 0.3) is 0 Å². The molecule has 1 aromatic heterocycles. The molecule has 1 aromatic rings. The normalized spacial score (nSPS) is 13.2. The molecule has 68 valence electrons. The molecule has 0 bridgehead atoms. The molecule has 0 aliphatic carbocycles. The Morgan fingerprint density at radius 3 is 3.00 bits per heavy atom. The van der Waals surface area contributed by atoms with Crippen LogP contribution in [0.15, 0.2) is 12.4 Å². The van der Waals surface area contributed by atoms with Crippen molar-refractivity contribution in [3.63, 3.8) is 0 Å². The fraction of sp³-hybridized carbons (Fsp3) is 0.625.